The Bertz CT molecular complexity index is 581. The Hall–Kier alpha value is -1.10. The van der Waals surface area contributed by atoms with Gasteiger partial charge in [0, 0.05) is 54.5 Å². The Balaban J connectivity index is 2.02. The molecule has 1 aromatic carbocycles. The van der Waals surface area contributed by atoms with E-state index in [0.29, 0.717) is 12.6 Å². The van der Waals surface area contributed by atoms with Gasteiger partial charge in [-0.2, -0.15) is 11.8 Å². The fourth-order valence-electron chi connectivity index (χ4n) is 3.05. The van der Waals surface area contributed by atoms with E-state index in [2.05, 4.69) is 41.1 Å². The fraction of sp³-hybridized carbons (Fsp3) is 0.438. The maximum atomic E-state index is 6.11. The van der Waals surface area contributed by atoms with Crippen LogP contribution in [-0.2, 0) is 0 Å². The predicted octanol–water partition coefficient (Wildman–Crippen LogP) is 2.67. The molecule has 0 spiro atoms. The van der Waals surface area contributed by atoms with Crippen molar-refractivity contribution in [2.75, 3.05) is 24.6 Å². The molecule has 1 saturated heterocycles. The molecule has 3 nitrogen and oxygen atoms in total. The first-order valence-electron chi connectivity index (χ1n) is 7.17. The van der Waals surface area contributed by atoms with Crippen LogP contribution in [-0.4, -0.2) is 40.5 Å². The molecule has 2 atom stereocenters. The van der Waals surface area contributed by atoms with Crippen molar-refractivity contribution in [1.29, 1.82) is 0 Å². The van der Waals surface area contributed by atoms with E-state index in [4.69, 9.17) is 5.73 Å². The molecule has 0 bridgehead atoms. The molecule has 1 aromatic heterocycles. The van der Waals surface area contributed by atoms with Gasteiger partial charge < -0.3 is 5.73 Å². The van der Waals surface area contributed by atoms with Gasteiger partial charge in [0.2, 0.25) is 0 Å². The Kier molecular flexibility index (Phi) is 4.24. The molecule has 1 aliphatic rings. The molecule has 2 N–H and O–H groups in total. The predicted molar refractivity (Wildman–Crippen MR) is 87.0 cm³/mol. The molecule has 0 aliphatic carbocycles. The van der Waals surface area contributed by atoms with E-state index in [9.17, 15) is 0 Å². The number of nitrogens with two attached hydrogens (primary N) is 1. The monoisotopic (exact) mass is 287 g/mol. The van der Waals surface area contributed by atoms with Crippen molar-refractivity contribution >= 4 is 22.5 Å². The number of rotatable bonds is 3. The first-order valence-corrected chi connectivity index (χ1v) is 8.33. The van der Waals surface area contributed by atoms with Crippen molar-refractivity contribution in [3.8, 4) is 0 Å². The highest BCUT2D eigenvalue weighted by atomic mass is 32.2. The third-order valence-corrected chi connectivity index (χ3v) is 5.29. The maximum Gasteiger partial charge on any atom is 0.0495 e. The van der Waals surface area contributed by atoms with Crippen LogP contribution < -0.4 is 5.73 Å². The summed E-state index contributed by atoms with van der Waals surface area (Å²) in [5.41, 5.74) is 7.38. The summed E-state index contributed by atoms with van der Waals surface area (Å²) in [4.78, 5) is 6.96. The van der Waals surface area contributed by atoms with Crippen LogP contribution in [0.2, 0.25) is 0 Å². The van der Waals surface area contributed by atoms with E-state index < -0.39 is 0 Å². The average Bonchev–Trinajstić information content (AvgIpc) is 2.50. The largest absolute Gasteiger partial charge is 0.329 e. The molecular formula is C16H21N3S. The number of hydrogen-bond acceptors (Lipinski definition) is 4. The SMILES string of the molecule is CC1CSCCN1C(CN)c1cncc2ccccc12. The molecule has 0 saturated carbocycles. The summed E-state index contributed by atoms with van der Waals surface area (Å²) in [5, 5.41) is 2.48. The second kappa shape index (κ2) is 6.12. The maximum absolute atomic E-state index is 6.11. The van der Waals surface area contributed by atoms with Gasteiger partial charge in [0.1, 0.15) is 0 Å². The van der Waals surface area contributed by atoms with Gasteiger partial charge in [0.15, 0.2) is 0 Å². The van der Waals surface area contributed by atoms with Gasteiger partial charge >= 0.3 is 0 Å². The lowest BCUT2D eigenvalue weighted by molar-refractivity contribution is 0.166. The van der Waals surface area contributed by atoms with E-state index in [1.807, 2.05) is 24.2 Å². The second-order valence-corrected chi connectivity index (χ2v) is 6.51. The first kappa shape index (κ1) is 13.9. The van der Waals surface area contributed by atoms with Crippen LogP contribution >= 0.6 is 11.8 Å². The van der Waals surface area contributed by atoms with Gasteiger partial charge in [-0.3, -0.25) is 9.88 Å². The van der Waals surface area contributed by atoms with Gasteiger partial charge in [0.05, 0.1) is 0 Å². The quantitative estimate of drug-likeness (QED) is 0.942. The lowest BCUT2D eigenvalue weighted by Crippen LogP contribution is -2.45. The Morgan fingerprint density at radius 2 is 2.25 bits per heavy atom. The summed E-state index contributed by atoms with van der Waals surface area (Å²) in [7, 11) is 0. The molecule has 2 unspecified atom stereocenters. The van der Waals surface area contributed by atoms with Crippen LogP contribution in [0.1, 0.15) is 18.5 Å². The summed E-state index contributed by atoms with van der Waals surface area (Å²) >= 11 is 2.04. The summed E-state index contributed by atoms with van der Waals surface area (Å²) in [6.07, 6.45) is 3.93. The van der Waals surface area contributed by atoms with Gasteiger partial charge in [-0.1, -0.05) is 24.3 Å². The average molecular weight is 287 g/mol. The zero-order valence-electron chi connectivity index (χ0n) is 11.8. The first-order chi connectivity index (χ1) is 9.81. The molecule has 2 aromatic rings. The third-order valence-electron chi connectivity index (χ3n) is 4.10. The molecule has 0 radical (unpaired) electrons. The lowest BCUT2D eigenvalue weighted by atomic mass is 9.99. The number of nitrogens with zero attached hydrogens (tertiary/aromatic N) is 2. The number of aromatic nitrogens is 1. The topological polar surface area (TPSA) is 42.1 Å². The number of pyridine rings is 1. The lowest BCUT2D eigenvalue weighted by Gasteiger charge is -2.39. The van der Waals surface area contributed by atoms with E-state index in [1.54, 1.807) is 0 Å². The zero-order chi connectivity index (χ0) is 13.9. The summed E-state index contributed by atoms with van der Waals surface area (Å²) in [5.74, 6) is 2.38. The standard InChI is InChI=1S/C16H21N3S/c1-12-11-20-7-6-19(12)16(8-17)15-10-18-9-13-4-2-3-5-14(13)15/h2-5,9-10,12,16H,6-8,11,17H2,1H3. The summed E-state index contributed by atoms with van der Waals surface area (Å²) < 4.78 is 0. The fourth-order valence-corrected chi connectivity index (χ4v) is 4.09. The highest BCUT2D eigenvalue weighted by Crippen LogP contribution is 2.30. The van der Waals surface area contributed by atoms with E-state index in [1.165, 1.54) is 27.8 Å². The Morgan fingerprint density at radius 1 is 1.40 bits per heavy atom. The number of benzene rings is 1. The van der Waals surface area contributed by atoms with Crippen molar-refractivity contribution in [3.63, 3.8) is 0 Å². The minimum absolute atomic E-state index is 0.268. The van der Waals surface area contributed by atoms with Crippen molar-refractivity contribution in [2.45, 2.75) is 19.0 Å². The zero-order valence-corrected chi connectivity index (χ0v) is 12.6. The second-order valence-electron chi connectivity index (χ2n) is 5.36. The highest BCUT2D eigenvalue weighted by Gasteiger charge is 2.27. The molecule has 20 heavy (non-hydrogen) atoms. The summed E-state index contributed by atoms with van der Waals surface area (Å²) in [6, 6.07) is 9.29. The van der Waals surface area contributed by atoms with Gasteiger partial charge in [-0.25, -0.2) is 0 Å². The normalized spacial score (nSPS) is 22.0. The van der Waals surface area contributed by atoms with Crippen LogP contribution in [0.3, 0.4) is 0 Å². The molecule has 1 aliphatic heterocycles. The van der Waals surface area contributed by atoms with Crippen molar-refractivity contribution in [3.05, 3.63) is 42.2 Å². The van der Waals surface area contributed by atoms with Crippen LogP contribution in [0.4, 0.5) is 0 Å². The molecule has 2 heterocycles. The molecule has 4 heteroatoms. The molecule has 3 rings (SSSR count). The van der Waals surface area contributed by atoms with Crippen LogP contribution in [0, 0.1) is 0 Å². The van der Waals surface area contributed by atoms with Crippen molar-refractivity contribution in [1.82, 2.24) is 9.88 Å². The van der Waals surface area contributed by atoms with E-state index >= 15 is 0 Å². The summed E-state index contributed by atoms with van der Waals surface area (Å²) in [6.45, 7) is 4.05. The number of thioether (sulfide) groups is 1. The van der Waals surface area contributed by atoms with Crippen LogP contribution in [0.15, 0.2) is 36.7 Å². The molecular weight excluding hydrogens is 266 g/mol. The third kappa shape index (κ3) is 2.55. The van der Waals surface area contributed by atoms with Gasteiger partial charge in [-0.05, 0) is 17.9 Å². The Labute approximate surface area is 124 Å². The number of hydrogen-bond donors (Lipinski definition) is 1. The number of fused-ring (bicyclic) bond motifs is 1. The van der Waals surface area contributed by atoms with Gasteiger partial charge in [-0.15, -0.1) is 0 Å². The highest BCUT2D eigenvalue weighted by molar-refractivity contribution is 7.99. The molecule has 106 valence electrons. The van der Waals surface area contributed by atoms with Crippen LogP contribution in [0.25, 0.3) is 10.8 Å². The van der Waals surface area contributed by atoms with Crippen molar-refractivity contribution < 1.29 is 0 Å². The van der Waals surface area contributed by atoms with Crippen LogP contribution in [0.5, 0.6) is 0 Å². The van der Waals surface area contributed by atoms with E-state index in [-0.39, 0.29) is 6.04 Å². The minimum Gasteiger partial charge on any atom is -0.329 e. The molecule has 0 amide bonds. The van der Waals surface area contributed by atoms with Gasteiger partial charge in [0.25, 0.3) is 0 Å². The smallest absolute Gasteiger partial charge is 0.0495 e. The molecule has 1 fully saturated rings. The Morgan fingerprint density at radius 3 is 3.05 bits per heavy atom. The van der Waals surface area contributed by atoms with E-state index in [0.717, 1.165) is 6.54 Å². The minimum atomic E-state index is 0.268. The van der Waals surface area contributed by atoms with Crippen molar-refractivity contribution in [2.24, 2.45) is 5.73 Å².